The van der Waals surface area contributed by atoms with Gasteiger partial charge in [-0.3, -0.25) is 0 Å². The first-order valence-corrected chi connectivity index (χ1v) is 8.49. The van der Waals surface area contributed by atoms with E-state index in [1.165, 1.54) is 6.07 Å². The quantitative estimate of drug-likeness (QED) is 0.898. The molecule has 2 atom stereocenters. The Morgan fingerprint density at radius 3 is 2.83 bits per heavy atom. The van der Waals surface area contributed by atoms with Gasteiger partial charge >= 0.3 is 6.03 Å². The number of morpholine rings is 1. The standard InChI is InChI=1S/C18H28FN3O2/c1-5-16-12-22(10-13(2)24-16)18(23)20-9-14-6-7-17(19)15(8-14)11-21(3)4/h6-8,13,16H,5,9-12H2,1-4H3,(H,20,23)/t13-,16-/m0/s1. The third kappa shape index (κ3) is 5.18. The fourth-order valence-electron chi connectivity index (χ4n) is 2.93. The van der Waals surface area contributed by atoms with Crippen LogP contribution in [0.2, 0.25) is 0 Å². The molecule has 1 heterocycles. The number of halogens is 1. The molecule has 1 aliphatic rings. The van der Waals surface area contributed by atoms with Crippen LogP contribution in [0.15, 0.2) is 18.2 Å². The summed E-state index contributed by atoms with van der Waals surface area (Å²) in [4.78, 5) is 16.1. The number of benzene rings is 1. The monoisotopic (exact) mass is 337 g/mol. The van der Waals surface area contributed by atoms with Gasteiger partial charge in [0.15, 0.2) is 0 Å². The number of rotatable bonds is 5. The number of hydrogen-bond donors (Lipinski definition) is 1. The molecule has 2 rings (SSSR count). The molecule has 1 aromatic carbocycles. The molecule has 134 valence electrons. The van der Waals surface area contributed by atoms with Gasteiger partial charge in [0.1, 0.15) is 5.82 Å². The minimum Gasteiger partial charge on any atom is -0.372 e. The van der Waals surface area contributed by atoms with Gasteiger partial charge in [-0.05, 0) is 45.1 Å². The van der Waals surface area contributed by atoms with E-state index in [1.807, 2.05) is 32.0 Å². The molecular formula is C18H28FN3O2. The Kier molecular flexibility index (Phi) is 6.57. The minimum atomic E-state index is -0.216. The SMILES string of the molecule is CC[C@H]1CN(C(=O)NCc2ccc(F)c(CN(C)C)c2)C[C@H](C)O1. The zero-order valence-corrected chi connectivity index (χ0v) is 15.0. The Bertz CT molecular complexity index is 565. The Balaban J connectivity index is 1.94. The van der Waals surface area contributed by atoms with E-state index in [9.17, 15) is 9.18 Å². The fraction of sp³-hybridized carbons (Fsp3) is 0.611. The molecular weight excluding hydrogens is 309 g/mol. The van der Waals surface area contributed by atoms with Crippen LogP contribution in [0.4, 0.5) is 9.18 Å². The van der Waals surface area contributed by atoms with Gasteiger partial charge in [-0.2, -0.15) is 0 Å². The van der Waals surface area contributed by atoms with Gasteiger partial charge < -0.3 is 19.9 Å². The van der Waals surface area contributed by atoms with Crippen LogP contribution >= 0.6 is 0 Å². The van der Waals surface area contributed by atoms with Gasteiger partial charge in [-0.25, -0.2) is 9.18 Å². The van der Waals surface area contributed by atoms with E-state index < -0.39 is 0 Å². The van der Waals surface area contributed by atoms with Crippen LogP contribution in [0, 0.1) is 5.82 Å². The van der Waals surface area contributed by atoms with Crippen molar-refractivity contribution in [2.45, 2.75) is 45.6 Å². The Hall–Kier alpha value is -1.66. The highest BCUT2D eigenvalue weighted by Crippen LogP contribution is 2.15. The maximum Gasteiger partial charge on any atom is 0.317 e. The molecule has 1 N–H and O–H groups in total. The fourth-order valence-corrected chi connectivity index (χ4v) is 2.93. The van der Waals surface area contributed by atoms with Gasteiger partial charge in [-0.1, -0.05) is 13.0 Å². The molecule has 0 spiro atoms. The molecule has 6 heteroatoms. The number of carbonyl (C=O) groups is 1. The summed E-state index contributed by atoms with van der Waals surface area (Å²) in [6.07, 6.45) is 1.03. The van der Waals surface area contributed by atoms with E-state index in [4.69, 9.17) is 4.74 Å². The van der Waals surface area contributed by atoms with Gasteiger partial charge in [0.25, 0.3) is 0 Å². The molecule has 0 bridgehead atoms. The van der Waals surface area contributed by atoms with E-state index in [1.54, 1.807) is 11.0 Å². The number of ether oxygens (including phenoxy) is 1. The van der Waals surface area contributed by atoms with Gasteiger partial charge in [-0.15, -0.1) is 0 Å². The van der Waals surface area contributed by atoms with E-state index in [2.05, 4.69) is 12.2 Å². The first kappa shape index (κ1) is 18.7. The van der Waals surface area contributed by atoms with E-state index in [0.717, 1.165) is 12.0 Å². The molecule has 1 aromatic rings. The third-order valence-electron chi connectivity index (χ3n) is 4.11. The lowest BCUT2D eigenvalue weighted by molar-refractivity contribution is -0.0646. The molecule has 0 aliphatic carbocycles. The summed E-state index contributed by atoms with van der Waals surface area (Å²) < 4.78 is 19.6. The third-order valence-corrected chi connectivity index (χ3v) is 4.11. The zero-order valence-electron chi connectivity index (χ0n) is 15.0. The largest absolute Gasteiger partial charge is 0.372 e. The highest BCUT2D eigenvalue weighted by atomic mass is 19.1. The summed E-state index contributed by atoms with van der Waals surface area (Å²) in [5.41, 5.74) is 1.53. The van der Waals surface area contributed by atoms with Crippen LogP contribution in [0.5, 0.6) is 0 Å². The van der Waals surface area contributed by atoms with Gasteiger partial charge in [0.2, 0.25) is 0 Å². The average molecular weight is 337 g/mol. The van der Waals surface area contributed by atoms with Crippen molar-refractivity contribution in [3.05, 3.63) is 35.1 Å². The molecule has 0 radical (unpaired) electrons. The Morgan fingerprint density at radius 1 is 1.42 bits per heavy atom. The maximum atomic E-state index is 13.8. The second-order valence-electron chi connectivity index (χ2n) is 6.70. The van der Waals surface area contributed by atoms with Crippen molar-refractivity contribution in [1.82, 2.24) is 15.1 Å². The lowest BCUT2D eigenvalue weighted by Gasteiger charge is -2.36. The van der Waals surface area contributed by atoms with E-state index >= 15 is 0 Å². The zero-order chi connectivity index (χ0) is 17.7. The maximum absolute atomic E-state index is 13.8. The van der Waals surface area contributed by atoms with Crippen LogP contribution in [0.1, 0.15) is 31.4 Å². The number of carbonyl (C=O) groups excluding carboxylic acids is 1. The lowest BCUT2D eigenvalue weighted by atomic mass is 10.1. The highest BCUT2D eigenvalue weighted by molar-refractivity contribution is 5.74. The molecule has 24 heavy (non-hydrogen) atoms. The molecule has 1 fully saturated rings. The molecule has 0 unspecified atom stereocenters. The van der Waals surface area contributed by atoms with E-state index in [0.29, 0.717) is 31.7 Å². The van der Waals surface area contributed by atoms with Crippen LogP contribution < -0.4 is 5.32 Å². The molecule has 0 aromatic heterocycles. The predicted molar refractivity (Wildman–Crippen MR) is 92.2 cm³/mol. The molecule has 0 saturated carbocycles. The van der Waals surface area contributed by atoms with Crippen LogP contribution in [0.3, 0.4) is 0 Å². The first-order chi connectivity index (χ1) is 11.4. The summed E-state index contributed by atoms with van der Waals surface area (Å²) in [7, 11) is 3.80. The van der Waals surface area contributed by atoms with Gasteiger partial charge in [0, 0.05) is 31.7 Å². The van der Waals surface area contributed by atoms with Crippen molar-refractivity contribution in [2.24, 2.45) is 0 Å². The number of nitrogens with zero attached hydrogens (tertiary/aromatic N) is 2. The summed E-state index contributed by atoms with van der Waals surface area (Å²) in [5, 5.41) is 2.93. The number of urea groups is 1. The summed E-state index contributed by atoms with van der Waals surface area (Å²) >= 11 is 0. The summed E-state index contributed by atoms with van der Waals surface area (Å²) in [6.45, 7) is 6.17. The van der Waals surface area contributed by atoms with Crippen LogP contribution in [-0.2, 0) is 17.8 Å². The van der Waals surface area contributed by atoms with Crippen molar-refractivity contribution in [2.75, 3.05) is 27.2 Å². The van der Waals surface area contributed by atoms with Crippen molar-refractivity contribution in [3.8, 4) is 0 Å². The molecule has 2 amide bonds. The van der Waals surface area contributed by atoms with Gasteiger partial charge in [0.05, 0.1) is 12.2 Å². The predicted octanol–water partition coefficient (Wildman–Crippen LogP) is 2.60. The second-order valence-corrected chi connectivity index (χ2v) is 6.70. The second kappa shape index (κ2) is 8.44. The highest BCUT2D eigenvalue weighted by Gasteiger charge is 2.27. The van der Waals surface area contributed by atoms with Crippen molar-refractivity contribution >= 4 is 6.03 Å². The summed E-state index contributed by atoms with van der Waals surface area (Å²) in [5.74, 6) is -0.216. The molecule has 5 nitrogen and oxygen atoms in total. The van der Waals surface area contributed by atoms with Crippen molar-refractivity contribution in [1.29, 1.82) is 0 Å². The average Bonchev–Trinajstić information content (AvgIpc) is 2.54. The number of amides is 2. The van der Waals surface area contributed by atoms with Crippen molar-refractivity contribution in [3.63, 3.8) is 0 Å². The van der Waals surface area contributed by atoms with Crippen LogP contribution in [-0.4, -0.2) is 55.2 Å². The molecule has 1 saturated heterocycles. The molecule has 1 aliphatic heterocycles. The van der Waals surface area contributed by atoms with Crippen LogP contribution in [0.25, 0.3) is 0 Å². The van der Waals surface area contributed by atoms with E-state index in [-0.39, 0.29) is 24.1 Å². The normalized spacial score (nSPS) is 21.2. The Labute approximate surface area is 143 Å². The summed E-state index contributed by atoms with van der Waals surface area (Å²) in [6, 6.07) is 4.89. The van der Waals surface area contributed by atoms with Crippen molar-refractivity contribution < 1.29 is 13.9 Å². The minimum absolute atomic E-state index is 0.0481. The smallest absolute Gasteiger partial charge is 0.317 e. The number of hydrogen-bond acceptors (Lipinski definition) is 3. The number of nitrogens with one attached hydrogen (secondary N) is 1. The Morgan fingerprint density at radius 2 is 2.17 bits per heavy atom. The topological polar surface area (TPSA) is 44.8 Å². The lowest BCUT2D eigenvalue weighted by Crippen LogP contribution is -2.52. The first-order valence-electron chi connectivity index (χ1n) is 8.49.